The summed E-state index contributed by atoms with van der Waals surface area (Å²) in [6.45, 7) is 6.37. The number of nitrogens with one attached hydrogen (secondary N) is 2. The summed E-state index contributed by atoms with van der Waals surface area (Å²) in [7, 11) is 0. The maximum absolute atomic E-state index is 12.6. The van der Waals surface area contributed by atoms with Crippen LogP contribution in [0, 0.1) is 5.41 Å². The number of fused-ring (bicyclic) bond motifs is 1. The first-order valence-electron chi connectivity index (χ1n) is 9.11. The highest BCUT2D eigenvalue weighted by molar-refractivity contribution is 6.33. The minimum Gasteiger partial charge on any atom is -0.337 e. The molecule has 8 nitrogen and oxygen atoms in total. The van der Waals surface area contributed by atoms with Crippen LogP contribution in [-0.2, 0) is 4.84 Å². The second-order valence-corrected chi connectivity index (χ2v) is 8.30. The Morgan fingerprint density at radius 3 is 2.20 bits per heavy atom. The zero-order valence-corrected chi connectivity index (χ0v) is 17.4. The van der Waals surface area contributed by atoms with Crippen molar-refractivity contribution in [2.45, 2.75) is 20.8 Å². The van der Waals surface area contributed by atoms with E-state index in [4.69, 9.17) is 16.4 Å². The van der Waals surface area contributed by atoms with E-state index in [2.05, 4.69) is 10.6 Å². The average molecular weight is 430 g/mol. The lowest BCUT2D eigenvalue weighted by Crippen LogP contribution is -2.35. The quantitative estimate of drug-likeness (QED) is 0.717. The third kappa shape index (κ3) is 4.60. The van der Waals surface area contributed by atoms with Crippen LogP contribution < -0.4 is 10.6 Å². The highest BCUT2D eigenvalue weighted by Crippen LogP contribution is 2.26. The summed E-state index contributed by atoms with van der Waals surface area (Å²) >= 11 is 6.08. The van der Waals surface area contributed by atoms with Crippen LogP contribution in [0.25, 0.3) is 0 Å². The third-order valence-electron chi connectivity index (χ3n) is 4.15. The Hall–Kier alpha value is -3.39. The van der Waals surface area contributed by atoms with Gasteiger partial charge in [-0.3, -0.25) is 9.59 Å². The molecule has 1 aliphatic heterocycles. The van der Waals surface area contributed by atoms with E-state index in [1.54, 1.807) is 12.1 Å². The molecule has 2 N–H and O–H groups in total. The van der Waals surface area contributed by atoms with Gasteiger partial charge in [0.05, 0.1) is 21.7 Å². The van der Waals surface area contributed by atoms with Crippen LogP contribution in [0.4, 0.5) is 10.5 Å². The largest absolute Gasteiger partial charge is 0.365 e. The number of carbonyl (C=O) groups is 4. The van der Waals surface area contributed by atoms with Crippen molar-refractivity contribution in [3.8, 4) is 0 Å². The van der Waals surface area contributed by atoms with Crippen LogP contribution in [0.15, 0.2) is 42.5 Å². The van der Waals surface area contributed by atoms with Gasteiger partial charge in [0.15, 0.2) is 0 Å². The summed E-state index contributed by atoms with van der Waals surface area (Å²) in [5, 5.41) is 5.76. The average Bonchev–Trinajstić information content (AvgIpc) is 2.92. The highest BCUT2D eigenvalue weighted by atomic mass is 35.5. The number of hydrogen-bond acceptors (Lipinski definition) is 5. The maximum Gasteiger partial charge on any atom is 0.365 e. The first-order chi connectivity index (χ1) is 14.1. The molecular formula is C21H20ClN3O5. The number of nitrogens with zero attached hydrogens (tertiary/aromatic N) is 1. The lowest BCUT2D eigenvalue weighted by atomic mass is 9.97. The minimum atomic E-state index is -1.01. The number of carbonyl (C=O) groups excluding carboxylic acids is 4. The molecule has 3 rings (SSSR count). The molecule has 0 aliphatic carbocycles. The van der Waals surface area contributed by atoms with Crippen molar-refractivity contribution in [2.75, 3.05) is 11.9 Å². The van der Waals surface area contributed by atoms with E-state index in [-0.39, 0.29) is 27.1 Å². The van der Waals surface area contributed by atoms with E-state index in [9.17, 15) is 19.2 Å². The van der Waals surface area contributed by atoms with E-state index < -0.39 is 23.8 Å². The number of rotatable bonds is 4. The number of amides is 4. The molecule has 0 saturated heterocycles. The normalized spacial score (nSPS) is 13.1. The Bertz CT molecular complexity index is 1010. The number of hydroxylamine groups is 2. The predicted octanol–water partition coefficient (Wildman–Crippen LogP) is 3.88. The molecule has 0 unspecified atom stereocenters. The first-order valence-corrected chi connectivity index (χ1v) is 9.49. The molecule has 2 aromatic carbocycles. The van der Waals surface area contributed by atoms with Gasteiger partial charge in [-0.2, -0.15) is 0 Å². The molecular weight excluding hydrogens is 410 g/mol. The zero-order chi connectivity index (χ0) is 22.1. The molecule has 1 aliphatic rings. The summed E-state index contributed by atoms with van der Waals surface area (Å²) in [5.41, 5.74) is 0.375. The molecule has 30 heavy (non-hydrogen) atoms. The van der Waals surface area contributed by atoms with Gasteiger partial charge >= 0.3 is 12.0 Å². The molecule has 9 heteroatoms. The molecule has 1 heterocycles. The zero-order valence-electron chi connectivity index (χ0n) is 16.6. The summed E-state index contributed by atoms with van der Waals surface area (Å²) in [6, 6.07) is 9.91. The second kappa shape index (κ2) is 8.16. The Morgan fingerprint density at radius 2 is 1.63 bits per heavy atom. The Labute approximate surface area is 178 Å². The van der Waals surface area contributed by atoms with Crippen LogP contribution in [-0.4, -0.2) is 35.4 Å². The maximum atomic E-state index is 12.6. The molecule has 0 radical (unpaired) electrons. The van der Waals surface area contributed by atoms with E-state index in [1.807, 2.05) is 20.8 Å². The Balaban J connectivity index is 1.72. The monoisotopic (exact) mass is 429 g/mol. The molecule has 0 aromatic heterocycles. The van der Waals surface area contributed by atoms with Gasteiger partial charge in [-0.25, -0.2) is 9.59 Å². The summed E-state index contributed by atoms with van der Waals surface area (Å²) in [4.78, 5) is 54.4. The fourth-order valence-electron chi connectivity index (χ4n) is 2.66. The van der Waals surface area contributed by atoms with Crippen LogP contribution in [0.2, 0.25) is 5.02 Å². The predicted molar refractivity (Wildman–Crippen MR) is 110 cm³/mol. The summed E-state index contributed by atoms with van der Waals surface area (Å²) in [5.74, 6) is -2.49. The van der Waals surface area contributed by atoms with Crippen LogP contribution in [0.3, 0.4) is 0 Å². The highest BCUT2D eigenvalue weighted by Gasteiger charge is 2.39. The first kappa shape index (κ1) is 21.3. The summed E-state index contributed by atoms with van der Waals surface area (Å²) < 4.78 is 0. The molecule has 4 amide bonds. The second-order valence-electron chi connectivity index (χ2n) is 7.89. The SMILES string of the molecule is CC(C)(C)CNC(=O)Nc1ccc(Cl)c(C(=O)ON2C(=O)c3ccccc3C2=O)c1. The number of benzene rings is 2. The van der Waals surface area contributed by atoms with Gasteiger partial charge in [0.1, 0.15) is 0 Å². The molecule has 156 valence electrons. The number of imide groups is 1. The van der Waals surface area contributed by atoms with E-state index >= 15 is 0 Å². The fraction of sp³-hybridized carbons (Fsp3) is 0.238. The minimum absolute atomic E-state index is 0.0391. The molecule has 0 atom stereocenters. The number of halogens is 1. The Kier molecular flexibility index (Phi) is 5.80. The molecule has 0 fully saturated rings. The van der Waals surface area contributed by atoms with Crippen molar-refractivity contribution >= 4 is 41.1 Å². The van der Waals surface area contributed by atoms with Crippen LogP contribution >= 0.6 is 11.6 Å². The number of anilines is 1. The van der Waals surface area contributed by atoms with Crippen molar-refractivity contribution in [3.63, 3.8) is 0 Å². The Morgan fingerprint density at radius 1 is 1.03 bits per heavy atom. The smallest absolute Gasteiger partial charge is 0.337 e. The van der Waals surface area contributed by atoms with Gasteiger partial charge in [0, 0.05) is 12.2 Å². The molecule has 0 spiro atoms. The van der Waals surface area contributed by atoms with Crippen LogP contribution in [0.5, 0.6) is 0 Å². The van der Waals surface area contributed by atoms with Gasteiger partial charge < -0.3 is 15.5 Å². The van der Waals surface area contributed by atoms with Crippen molar-refractivity contribution in [3.05, 3.63) is 64.2 Å². The number of urea groups is 1. The van der Waals surface area contributed by atoms with Crippen molar-refractivity contribution in [2.24, 2.45) is 5.41 Å². The lowest BCUT2D eigenvalue weighted by Gasteiger charge is -2.19. The van der Waals surface area contributed by atoms with Gasteiger partial charge in [0.2, 0.25) is 0 Å². The fourth-order valence-corrected chi connectivity index (χ4v) is 2.86. The van der Waals surface area contributed by atoms with Gasteiger partial charge in [0.25, 0.3) is 11.8 Å². The summed E-state index contributed by atoms with van der Waals surface area (Å²) in [6.07, 6.45) is 0. The molecule has 0 saturated carbocycles. The molecule has 2 aromatic rings. The molecule has 0 bridgehead atoms. The third-order valence-corrected chi connectivity index (χ3v) is 4.48. The van der Waals surface area contributed by atoms with E-state index in [1.165, 1.54) is 30.3 Å². The van der Waals surface area contributed by atoms with E-state index in [0.717, 1.165) is 0 Å². The topological polar surface area (TPSA) is 105 Å². The van der Waals surface area contributed by atoms with E-state index in [0.29, 0.717) is 17.3 Å². The van der Waals surface area contributed by atoms with Crippen LogP contribution in [0.1, 0.15) is 51.8 Å². The standard InChI is InChI=1S/C21H20ClN3O5/c1-21(2,3)11-23-20(29)24-12-8-9-16(22)15(10-12)19(28)30-25-17(26)13-6-4-5-7-14(13)18(25)27/h4-10H,11H2,1-3H3,(H2,23,24,29). The lowest BCUT2D eigenvalue weighted by molar-refractivity contribution is -0.0584. The van der Waals surface area contributed by atoms with Gasteiger partial charge in [-0.05, 0) is 35.7 Å². The number of hydrogen-bond donors (Lipinski definition) is 2. The van der Waals surface area contributed by atoms with Gasteiger partial charge in [-0.1, -0.05) is 49.6 Å². The van der Waals surface area contributed by atoms with Crippen molar-refractivity contribution in [1.82, 2.24) is 10.4 Å². The van der Waals surface area contributed by atoms with Crippen molar-refractivity contribution in [1.29, 1.82) is 0 Å². The van der Waals surface area contributed by atoms with Gasteiger partial charge in [-0.15, -0.1) is 0 Å². The van der Waals surface area contributed by atoms with Crippen molar-refractivity contribution < 1.29 is 24.0 Å².